The van der Waals surface area contributed by atoms with Crippen molar-refractivity contribution in [2.45, 2.75) is 32.9 Å². The second-order valence-electron chi connectivity index (χ2n) is 7.10. The first-order chi connectivity index (χ1) is 15.0. The second-order valence-corrected chi connectivity index (χ2v) is 8.08. The molecule has 0 unspecified atom stereocenters. The van der Waals surface area contributed by atoms with Gasteiger partial charge in [0, 0.05) is 10.3 Å². The van der Waals surface area contributed by atoms with Gasteiger partial charge < -0.3 is 14.5 Å². The van der Waals surface area contributed by atoms with Gasteiger partial charge in [-0.05, 0) is 37.4 Å². The van der Waals surface area contributed by atoms with Gasteiger partial charge in [-0.15, -0.1) is 11.3 Å². The Morgan fingerprint density at radius 1 is 1.29 bits per heavy atom. The van der Waals surface area contributed by atoms with Crippen molar-refractivity contribution >= 4 is 45.1 Å². The van der Waals surface area contributed by atoms with E-state index >= 15 is 0 Å². The second kappa shape index (κ2) is 8.73. The number of fused-ring (bicyclic) bond motifs is 3. The average Bonchev–Trinajstić information content (AvgIpc) is 3.39. The molecule has 1 amide bonds. The zero-order chi connectivity index (χ0) is 22.0. The minimum absolute atomic E-state index is 0.0334. The van der Waals surface area contributed by atoms with Crippen molar-refractivity contribution in [3.63, 3.8) is 0 Å². The molecule has 8 nitrogen and oxygen atoms in total. The van der Waals surface area contributed by atoms with Gasteiger partial charge in [0.25, 0.3) is 0 Å². The molecular formula is C22H21N3O5S. The molecule has 0 aliphatic rings. The molecule has 4 rings (SSSR count). The maximum absolute atomic E-state index is 12.9. The summed E-state index contributed by atoms with van der Waals surface area (Å²) in [5.41, 5.74) is 1.47. The van der Waals surface area contributed by atoms with Crippen LogP contribution in [0.4, 0.5) is 0 Å². The average molecular weight is 439 g/mol. The molecule has 9 heteroatoms. The number of nitrogens with zero attached hydrogens (tertiary/aromatic N) is 2. The highest BCUT2D eigenvalue weighted by molar-refractivity contribution is 7.10. The van der Waals surface area contributed by atoms with E-state index in [4.69, 9.17) is 9.15 Å². The van der Waals surface area contributed by atoms with E-state index in [1.54, 1.807) is 13.0 Å². The fourth-order valence-corrected chi connectivity index (χ4v) is 4.26. The van der Waals surface area contributed by atoms with Gasteiger partial charge in [-0.3, -0.25) is 14.3 Å². The molecule has 3 heterocycles. The van der Waals surface area contributed by atoms with Gasteiger partial charge in [0.2, 0.25) is 5.91 Å². The Kier molecular flexibility index (Phi) is 5.85. The summed E-state index contributed by atoms with van der Waals surface area (Å²) in [6, 6.07) is 8.70. The molecule has 1 aromatic carbocycles. The molecule has 0 spiro atoms. The van der Waals surface area contributed by atoms with Crippen LogP contribution in [0, 0.1) is 6.92 Å². The zero-order valence-corrected chi connectivity index (χ0v) is 17.9. The molecule has 1 atom stereocenters. The first-order valence-electron chi connectivity index (χ1n) is 9.83. The highest BCUT2D eigenvalue weighted by atomic mass is 32.1. The predicted octanol–water partition coefficient (Wildman–Crippen LogP) is 3.32. The summed E-state index contributed by atoms with van der Waals surface area (Å²) in [5.74, 6) is -0.716. The maximum Gasteiger partial charge on any atom is 0.347 e. The van der Waals surface area contributed by atoms with Crippen molar-refractivity contribution in [2.24, 2.45) is 0 Å². The van der Waals surface area contributed by atoms with Gasteiger partial charge in [-0.1, -0.05) is 17.7 Å². The third kappa shape index (κ3) is 4.36. The summed E-state index contributed by atoms with van der Waals surface area (Å²) >= 11 is 1.45. The molecular weight excluding hydrogens is 418 g/mol. The number of hydrogen-bond acceptors (Lipinski definition) is 7. The minimum Gasteiger partial charge on any atom is -0.466 e. The van der Waals surface area contributed by atoms with Crippen LogP contribution in [0.1, 0.15) is 29.8 Å². The van der Waals surface area contributed by atoms with Crippen molar-refractivity contribution in [1.29, 1.82) is 0 Å². The minimum atomic E-state index is -0.503. The molecule has 0 saturated heterocycles. The highest BCUT2D eigenvalue weighted by Crippen LogP contribution is 2.25. The lowest BCUT2D eigenvalue weighted by molar-refractivity contribution is -0.143. The molecule has 160 valence electrons. The zero-order valence-electron chi connectivity index (χ0n) is 17.1. The third-order valence-corrected chi connectivity index (χ3v) is 5.83. The van der Waals surface area contributed by atoms with Gasteiger partial charge in [0.1, 0.15) is 17.5 Å². The number of carbonyl (C=O) groups is 2. The summed E-state index contributed by atoms with van der Waals surface area (Å²) < 4.78 is 11.9. The summed E-state index contributed by atoms with van der Waals surface area (Å²) in [7, 11) is 0. The molecule has 0 bridgehead atoms. The van der Waals surface area contributed by atoms with Crippen LogP contribution < -0.4 is 10.9 Å². The van der Waals surface area contributed by atoms with E-state index in [1.165, 1.54) is 22.2 Å². The molecule has 0 aliphatic carbocycles. The standard InChI is InChI=1S/C22H21N3O5S/c1-3-29-20(27)10-16(18-5-4-8-31-18)24-19(26)12-25-21-14-9-13(2)6-7-17(14)30-22(28)15(21)11-23-25/h4-9,11,16H,3,10,12H2,1-2H3,(H,24,26)/t16-/m0/s1. The first-order valence-corrected chi connectivity index (χ1v) is 10.7. The number of nitrogens with one attached hydrogen (secondary N) is 1. The lowest BCUT2D eigenvalue weighted by Gasteiger charge is -2.17. The van der Waals surface area contributed by atoms with Crippen molar-refractivity contribution in [3.8, 4) is 0 Å². The number of esters is 1. The van der Waals surface area contributed by atoms with Crippen LogP contribution in [0.5, 0.6) is 0 Å². The van der Waals surface area contributed by atoms with E-state index in [2.05, 4.69) is 10.4 Å². The summed E-state index contributed by atoms with van der Waals surface area (Å²) in [5, 5.41) is 10.0. The quantitative estimate of drug-likeness (QED) is 0.350. The molecule has 0 saturated carbocycles. The summed E-state index contributed by atoms with van der Waals surface area (Å²) in [4.78, 5) is 38.0. The SMILES string of the molecule is CCOC(=O)C[C@H](NC(=O)Cn1ncc2c(=O)oc3ccc(C)cc3c21)c1cccs1. The molecule has 1 N–H and O–H groups in total. The Labute approximate surface area is 181 Å². The number of hydrogen-bond donors (Lipinski definition) is 1. The topological polar surface area (TPSA) is 103 Å². The summed E-state index contributed by atoms with van der Waals surface area (Å²) in [6.07, 6.45) is 1.44. The van der Waals surface area contributed by atoms with Gasteiger partial charge in [0.05, 0.1) is 30.8 Å². The van der Waals surface area contributed by atoms with Crippen LogP contribution in [0.15, 0.2) is 51.1 Å². The normalized spacial score (nSPS) is 12.2. The Balaban J connectivity index is 1.63. The molecule has 0 fully saturated rings. The Morgan fingerprint density at radius 2 is 2.13 bits per heavy atom. The number of thiophene rings is 1. The van der Waals surface area contributed by atoms with Crippen LogP contribution in [0.25, 0.3) is 21.9 Å². The number of rotatable bonds is 7. The van der Waals surface area contributed by atoms with Crippen molar-refractivity contribution in [1.82, 2.24) is 15.1 Å². The van der Waals surface area contributed by atoms with Crippen LogP contribution in [0.3, 0.4) is 0 Å². The molecule has 4 aromatic rings. The number of ether oxygens (including phenoxy) is 1. The van der Waals surface area contributed by atoms with Crippen LogP contribution >= 0.6 is 11.3 Å². The Morgan fingerprint density at radius 3 is 2.87 bits per heavy atom. The fraction of sp³-hybridized carbons (Fsp3) is 0.273. The Bertz CT molecular complexity index is 1310. The fourth-order valence-electron chi connectivity index (χ4n) is 3.49. The van der Waals surface area contributed by atoms with Crippen molar-refractivity contribution in [2.75, 3.05) is 6.61 Å². The predicted molar refractivity (Wildman–Crippen MR) is 117 cm³/mol. The largest absolute Gasteiger partial charge is 0.466 e. The lowest BCUT2D eigenvalue weighted by Crippen LogP contribution is -2.33. The van der Waals surface area contributed by atoms with E-state index in [0.717, 1.165) is 10.4 Å². The number of benzene rings is 1. The lowest BCUT2D eigenvalue weighted by atomic mass is 10.1. The highest BCUT2D eigenvalue weighted by Gasteiger charge is 2.22. The Hall–Kier alpha value is -3.46. The first kappa shape index (κ1) is 20.8. The third-order valence-electron chi connectivity index (χ3n) is 4.84. The van der Waals surface area contributed by atoms with E-state index in [1.807, 2.05) is 36.6 Å². The van der Waals surface area contributed by atoms with Crippen LogP contribution in [0.2, 0.25) is 0 Å². The molecule has 31 heavy (non-hydrogen) atoms. The monoisotopic (exact) mass is 439 g/mol. The van der Waals surface area contributed by atoms with Gasteiger partial charge in [0.15, 0.2) is 0 Å². The van der Waals surface area contributed by atoms with E-state index in [0.29, 0.717) is 21.9 Å². The van der Waals surface area contributed by atoms with E-state index in [-0.39, 0.29) is 31.4 Å². The molecule has 0 aliphatic heterocycles. The van der Waals surface area contributed by atoms with Crippen LogP contribution in [-0.2, 0) is 20.9 Å². The van der Waals surface area contributed by atoms with Crippen LogP contribution in [-0.4, -0.2) is 28.3 Å². The van der Waals surface area contributed by atoms with Crippen molar-refractivity contribution < 1.29 is 18.7 Å². The number of carbonyl (C=O) groups excluding carboxylic acids is 2. The summed E-state index contributed by atoms with van der Waals surface area (Å²) in [6.45, 7) is 3.84. The van der Waals surface area contributed by atoms with E-state index < -0.39 is 11.7 Å². The number of amides is 1. The van der Waals surface area contributed by atoms with Gasteiger partial charge in [-0.25, -0.2) is 4.79 Å². The molecule has 0 radical (unpaired) electrons. The van der Waals surface area contributed by atoms with Crippen molar-refractivity contribution in [3.05, 3.63) is 62.8 Å². The molecule has 3 aromatic heterocycles. The smallest absolute Gasteiger partial charge is 0.347 e. The maximum atomic E-state index is 12.9. The number of aromatic nitrogens is 2. The van der Waals surface area contributed by atoms with Gasteiger partial charge in [-0.2, -0.15) is 5.10 Å². The van der Waals surface area contributed by atoms with E-state index in [9.17, 15) is 14.4 Å². The number of aryl methyl sites for hydroxylation is 1. The van der Waals surface area contributed by atoms with Gasteiger partial charge >= 0.3 is 11.6 Å².